The molecule has 0 spiro atoms. The predicted molar refractivity (Wildman–Crippen MR) is 106 cm³/mol. The van der Waals surface area contributed by atoms with Crippen LogP contribution in [0.3, 0.4) is 0 Å². The molecule has 3 rings (SSSR count). The Morgan fingerprint density at radius 1 is 1.19 bits per heavy atom. The highest BCUT2D eigenvalue weighted by molar-refractivity contribution is 7.89. The van der Waals surface area contributed by atoms with Crippen molar-refractivity contribution in [3.63, 3.8) is 0 Å². The lowest BCUT2D eigenvalue weighted by Crippen LogP contribution is -2.42. The Bertz CT molecular complexity index is 913. The van der Waals surface area contributed by atoms with Crippen molar-refractivity contribution in [2.75, 3.05) is 13.1 Å². The number of carbonyl (C=O) groups is 1. The number of benzene rings is 2. The van der Waals surface area contributed by atoms with E-state index in [1.165, 1.54) is 16.4 Å². The van der Waals surface area contributed by atoms with E-state index in [0.717, 1.165) is 17.5 Å². The van der Waals surface area contributed by atoms with Gasteiger partial charge in [-0.2, -0.15) is 4.31 Å². The summed E-state index contributed by atoms with van der Waals surface area (Å²) >= 11 is 5.90. The average Bonchev–Trinajstić information content (AvgIpc) is 2.66. The Morgan fingerprint density at radius 3 is 2.59 bits per heavy atom. The van der Waals surface area contributed by atoms with E-state index < -0.39 is 16.1 Å². The van der Waals surface area contributed by atoms with Crippen molar-refractivity contribution in [3.8, 4) is 0 Å². The Morgan fingerprint density at radius 2 is 1.89 bits per heavy atom. The Kier molecular flexibility index (Phi) is 6.19. The van der Waals surface area contributed by atoms with Crippen LogP contribution in [0.15, 0.2) is 53.4 Å². The number of amides is 1. The molecule has 1 amide bonds. The van der Waals surface area contributed by atoms with Crippen molar-refractivity contribution in [2.24, 2.45) is 0 Å². The minimum atomic E-state index is -3.74. The maximum Gasteiger partial charge on any atom is 0.243 e. The van der Waals surface area contributed by atoms with E-state index in [4.69, 9.17) is 11.6 Å². The largest absolute Gasteiger partial charge is 0.356 e. The van der Waals surface area contributed by atoms with Crippen LogP contribution in [0.25, 0.3) is 0 Å². The first-order valence-electron chi connectivity index (χ1n) is 9.05. The first-order valence-corrected chi connectivity index (χ1v) is 10.9. The molecule has 1 aliphatic rings. The van der Waals surface area contributed by atoms with Gasteiger partial charge in [0.05, 0.1) is 10.9 Å². The molecule has 0 saturated heterocycles. The van der Waals surface area contributed by atoms with E-state index in [0.29, 0.717) is 24.5 Å². The van der Waals surface area contributed by atoms with Crippen LogP contribution in [0.5, 0.6) is 0 Å². The van der Waals surface area contributed by atoms with Gasteiger partial charge in [0.15, 0.2) is 0 Å². The summed E-state index contributed by atoms with van der Waals surface area (Å²) in [5.74, 6) is -0.144. The van der Waals surface area contributed by atoms with Crippen molar-refractivity contribution in [2.45, 2.75) is 37.1 Å². The zero-order valence-electron chi connectivity index (χ0n) is 15.2. The highest BCUT2D eigenvalue weighted by Crippen LogP contribution is 2.36. The van der Waals surface area contributed by atoms with Crippen LogP contribution in [0, 0.1) is 0 Å². The molecule has 7 heteroatoms. The number of hydrogen-bond acceptors (Lipinski definition) is 3. The van der Waals surface area contributed by atoms with Gasteiger partial charge in [0.25, 0.3) is 0 Å². The lowest BCUT2D eigenvalue weighted by atomic mass is 9.92. The summed E-state index contributed by atoms with van der Waals surface area (Å²) in [6, 6.07) is 13.4. The molecule has 0 bridgehead atoms. The fraction of sp³-hybridized carbons (Fsp3) is 0.350. The minimum Gasteiger partial charge on any atom is -0.356 e. The zero-order valence-corrected chi connectivity index (χ0v) is 16.8. The summed E-state index contributed by atoms with van der Waals surface area (Å²) in [6.07, 6.45) is 1.56. The molecule has 2 aromatic rings. The van der Waals surface area contributed by atoms with Gasteiger partial charge in [-0.05, 0) is 48.2 Å². The van der Waals surface area contributed by atoms with Crippen LogP contribution < -0.4 is 5.32 Å². The molecule has 27 heavy (non-hydrogen) atoms. The van der Waals surface area contributed by atoms with Crippen molar-refractivity contribution < 1.29 is 13.2 Å². The third-order valence-electron chi connectivity index (χ3n) is 4.73. The van der Waals surface area contributed by atoms with Gasteiger partial charge in [-0.25, -0.2) is 8.42 Å². The highest BCUT2D eigenvalue weighted by atomic mass is 35.5. The third-order valence-corrected chi connectivity index (χ3v) is 6.91. The molecule has 144 valence electrons. The molecule has 0 radical (unpaired) electrons. The summed E-state index contributed by atoms with van der Waals surface area (Å²) in [7, 11) is -3.74. The second-order valence-corrected chi connectivity index (χ2v) is 8.92. The van der Waals surface area contributed by atoms with Gasteiger partial charge in [-0.1, -0.05) is 42.8 Å². The average molecular weight is 407 g/mol. The molecule has 0 aromatic heterocycles. The van der Waals surface area contributed by atoms with Gasteiger partial charge in [-0.15, -0.1) is 0 Å². The maximum atomic E-state index is 13.3. The minimum absolute atomic E-state index is 0.101. The summed E-state index contributed by atoms with van der Waals surface area (Å²) in [4.78, 5) is 12.6. The normalized spacial score (nSPS) is 17.3. The summed E-state index contributed by atoms with van der Waals surface area (Å²) < 4.78 is 28.0. The summed E-state index contributed by atoms with van der Waals surface area (Å²) in [5, 5.41) is 3.33. The number of nitrogens with zero attached hydrogens (tertiary/aromatic N) is 1. The first kappa shape index (κ1) is 19.9. The monoisotopic (exact) mass is 406 g/mol. The van der Waals surface area contributed by atoms with E-state index in [-0.39, 0.29) is 17.2 Å². The summed E-state index contributed by atoms with van der Waals surface area (Å²) in [5.41, 5.74) is 1.99. The van der Waals surface area contributed by atoms with Crippen molar-refractivity contribution in [1.29, 1.82) is 0 Å². The second kappa shape index (κ2) is 8.42. The van der Waals surface area contributed by atoms with Crippen molar-refractivity contribution >= 4 is 27.5 Å². The SMILES string of the molecule is CCCNC(=O)CC1c2ccccc2CCN1S(=O)(=O)c1ccc(Cl)cc1. The van der Waals surface area contributed by atoms with Gasteiger partial charge in [0.2, 0.25) is 15.9 Å². The molecule has 0 saturated carbocycles. The zero-order chi connectivity index (χ0) is 19.4. The van der Waals surface area contributed by atoms with E-state index in [9.17, 15) is 13.2 Å². The van der Waals surface area contributed by atoms with Crippen molar-refractivity contribution in [3.05, 3.63) is 64.7 Å². The quantitative estimate of drug-likeness (QED) is 0.797. The van der Waals surface area contributed by atoms with Gasteiger partial charge in [0, 0.05) is 24.5 Å². The molecular formula is C20H23ClN2O3S. The molecule has 1 heterocycles. The van der Waals surface area contributed by atoms with Crippen LogP contribution in [0.4, 0.5) is 0 Å². The number of rotatable bonds is 6. The molecule has 0 aliphatic carbocycles. The molecule has 0 fully saturated rings. The highest BCUT2D eigenvalue weighted by Gasteiger charge is 2.37. The van der Waals surface area contributed by atoms with Crippen molar-refractivity contribution in [1.82, 2.24) is 9.62 Å². The maximum absolute atomic E-state index is 13.3. The lowest BCUT2D eigenvalue weighted by molar-refractivity contribution is -0.122. The fourth-order valence-corrected chi connectivity index (χ4v) is 5.11. The van der Waals surface area contributed by atoms with Crippen LogP contribution >= 0.6 is 11.6 Å². The Hall–Kier alpha value is -1.89. The number of hydrogen-bond donors (Lipinski definition) is 1. The fourth-order valence-electron chi connectivity index (χ4n) is 3.38. The van der Waals surface area contributed by atoms with Crippen LogP contribution in [-0.2, 0) is 21.2 Å². The summed E-state index contributed by atoms with van der Waals surface area (Å²) in [6.45, 7) is 2.90. The van der Waals surface area contributed by atoms with Crippen LogP contribution in [-0.4, -0.2) is 31.7 Å². The Labute approximate surface area is 165 Å². The molecule has 1 unspecified atom stereocenters. The van der Waals surface area contributed by atoms with E-state index >= 15 is 0 Å². The number of halogens is 1. The van der Waals surface area contributed by atoms with E-state index in [1.807, 2.05) is 31.2 Å². The number of sulfonamides is 1. The van der Waals surface area contributed by atoms with Gasteiger partial charge < -0.3 is 5.32 Å². The van der Waals surface area contributed by atoms with Gasteiger partial charge >= 0.3 is 0 Å². The molecule has 1 N–H and O–H groups in total. The van der Waals surface area contributed by atoms with E-state index in [1.54, 1.807) is 12.1 Å². The molecule has 2 aromatic carbocycles. The standard InChI is InChI=1S/C20H23ClN2O3S/c1-2-12-22-20(24)14-19-18-6-4-3-5-15(18)11-13-23(19)27(25,26)17-9-7-16(21)8-10-17/h3-10,19H,2,11-14H2,1H3,(H,22,24). The van der Waals surface area contributed by atoms with Gasteiger partial charge in [-0.3, -0.25) is 4.79 Å². The second-order valence-electron chi connectivity index (χ2n) is 6.59. The topological polar surface area (TPSA) is 66.5 Å². The van der Waals surface area contributed by atoms with E-state index in [2.05, 4.69) is 5.32 Å². The predicted octanol–water partition coefficient (Wildman–Crippen LogP) is 3.54. The molecule has 5 nitrogen and oxygen atoms in total. The van der Waals surface area contributed by atoms with Crippen LogP contribution in [0.1, 0.15) is 36.9 Å². The Balaban J connectivity index is 1.97. The molecule has 1 aliphatic heterocycles. The third kappa shape index (κ3) is 4.34. The van der Waals surface area contributed by atoms with Gasteiger partial charge in [0.1, 0.15) is 0 Å². The number of carbonyl (C=O) groups excluding carboxylic acids is 1. The number of nitrogens with one attached hydrogen (secondary N) is 1. The number of fused-ring (bicyclic) bond motifs is 1. The lowest BCUT2D eigenvalue weighted by Gasteiger charge is -2.36. The molecule has 1 atom stereocenters. The smallest absolute Gasteiger partial charge is 0.243 e. The molecular weight excluding hydrogens is 384 g/mol. The van der Waals surface area contributed by atoms with Crippen LogP contribution in [0.2, 0.25) is 5.02 Å². The first-order chi connectivity index (χ1) is 12.9.